The van der Waals surface area contributed by atoms with Gasteiger partial charge in [0.1, 0.15) is 12.6 Å². The highest BCUT2D eigenvalue weighted by molar-refractivity contribution is 5.71. The summed E-state index contributed by atoms with van der Waals surface area (Å²) in [6, 6.07) is -0.753. The standard InChI is InChI=1S/C41H63NO7/c1-6-8-10-12-14-16-17-18-19-20-21-22-24-25-27-29-31-39(43)48-36-37(35-47-34-33-38(41(45)46)42(3,4)5)49-40(44)32-30-28-26-23-15-13-11-9-7-2/h8-11,14-16,18-19,21-23,25,27-28,30,37-38H,6-7,12-13,17,20,24,26,29,31-36H2,1-5H3/b10-8+,11-9+,16-14+,19-18+,22-21+,23-15+,27-25+,30-28+. The van der Waals surface area contributed by atoms with Crippen LogP contribution in [0.1, 0.15) is 90.9 Å². The van der Waals surface area contributed by atoms with Gasteiger partial charge in [0.25, 0.3) is 0 Å². The van der Waals surface area contributed by atoms with E-state index in [0.717, 1.165) is 44.9 Å². The summed E-state index contributed by atoms with van der Waals surface area (Å²) in [5.41, 5.74) is 0. The lowest BCUT2D eigenvalue weighted by molar-refractivity contribution is -0.889. The molecule has 0 aromatic carbocycles. The van der Waals surface area contributed by atoms with E-state index in [1.165, 1.54) is 0 Å². The topological polar surface area (TPSA) is 102 Å². The molecule has 0 heterocycles. The molecule has 0 aromatic rings. The van der Waals surface area contributed by atoms with Crippen molar-refractivity contribution in [1.29, 1.82) is 0 Å². The minimum absolute atomic E-state index is 0.0254. The number of hydrogen-bond donors (Lipinski definition) is 0. The third kappa shape index (κ3) is 30.1. The highest BCUT2D eigenvalue weighted by Crippen LogP contribution is 2.09. The van der Waals surface area contributed by atoms with Crippen LogP contribution in [-0.2, 0) is 28.6 Å². The highest BCUT2D eigenvalue weighted by Gasteiger charge is 2.25. The molecule has 0 fully saturated rings. The first-order valence-electron chi connectivity index (χ1n) is 17.8. The number of allylic oxidation sites excluding steroid dienone is 15. The van der Waals surface area contributed by atoms with E-state index in [1.807, 2.05) is 24.3 Å². The molecule has 0 rings (SSSR count). The van der Waals surface area contributed by atoms with Gasteiger partial charge in [-0.2, -0.15) is 0 Å². The molecule has 8 nitrogen and oxygen atoms in total. The van der Waals surface area contributed by atoms with Crippen molar-refractivity contribution in [3.05, 3.63) is 97.2 Å². The molecule has 0 aliphatic heterocycles. The second-order valence-corrected chi connectivity index (χ2v) is 12.4. The summed E-state index contributed by atoms with van der Waals surface area (Å²) >= 11 is 0. The summed E-state index contributed by atoms with van der Waals surface area (Å²) in [7, 11) is 5.32. The maximum Gasteiger partial charge on any atom is 0.310 e. The minimum atomic E-state index is -1.15. The second kappa shape index (κ2) is 31.5. The van der Waals surface area contributed by atoms with Crippen molar-refractivity contribution in [1.82, 2.24) is 0 Å². The quantitative estimate of drug-likeness (QED) is 0.0350. The summed E-state index contributed by atoms with van der Waals surface area (Å²) in [5, 5.41) is 11.5. The predicted octanol–water partition coefficient (Wildman–Crippen LogP) is 7.45. The number of carbonyl (C=O) groups is 3. The number of aliphatic carboxylic acids is 1. The molecule has 0 bridgehead atoms. The third-order valence-electron chi connectivity index (χ3n) is 7.01. The molecule has 0 amide bonds. The van der Waals surface area contributed by atoms with Gasteiger partial charge in [-0.3, -0.25) is 9.59 Å². The fourth-order valence-electron chi connectivity index (χ4n) is 4.30. The van der Waals surface area contributed by atoms with E-state index in [9.17, 15) is 19.5 Å². The first-order chi connectivity index (χ1) is 23.6. The van der Waals surface area contributed by atoms with E-state index in [4.69, 9.17) is 14.2 Å². The van der Waals surface area contributed by atoms with Gasteiger partial charge in [0.2, 0.25) is 0 Å². The molecule has 0 aliphatic rings. The van der Waals surface area contributed by atoms with Crippen molar-refractivity contribution < 1.29 is 38.2 Å². The Hall–Kier alpha value is -3.75. The van der Waals surface area contributed by atoms with Crippen LogP contribution < -0.4 is 5.11 Å². The summed E-state index contributed by atoms with van der Waals surface area (Å²) in [6.45, 7) is 4.18. The maximum absolute atomic E-state index is 12.5. The Morgan fingerprint density at radius 2 is 1.06 bits per heavy atom. The Balaban J connectivity index is 4.65. The molecule has 49 heavy (non-hydrogen) atoms. The smallest absolute Gasteiger partial charge is 0.310 e. The summed E-state index contributed by atoms with van der Waals surface area (Å²) in [6.07, 6.45) is 40.7. The van der Waals surface area contributed by atoms with Crippen molar-refractivity contribution in [3.63, 3.8) is 0 Å². The molecule has 2 atom stereocenters. The Kier molecular flexibility index (Phi) is 29.1. The van der Waals surface area contributed by atoms with Crippen molar-refractivity contribution in [2.75, 3.05) is 41.0 Å². The number of carboxylic acid groups (broad SMARTS) is 1. The van der Waals surface area contributed by atoms with Crippen LogP contribution in [0.2, 0.25) is 0 Å². The van der Waals surface area contributed by atoms with Gasteiger partial charge in [-0.25, -0.2) is 0 Å². The van der Waals surface area contributed by atoms with Gasteiger partial charge in [0.05, 0.1) is 46.7 Å². The lowest BCUT2D eigenvalue weighted by Crippen LogP contribution is -2.55. The van der Waals surface area contributed by atoms with Crippen LogP contribution in [0.5, 0.6) is 0 Å². The number of ether oxygens (including phenoxy) is 3. The molecule has 0 saturated carbocycles. The zero-order valence-electron chi connectivity index (χ0n) is 30.8. The van der Waals surface area contributed by atoms with Crippen LogP contribution >= 0.6 is 0 Å². The molecular weight excluding hydrogens is 618 g/mol. The molecule has 2 unspecified atom stereocenters. The summed E-state index contributed by atoms with van der Waals surface area (Å²) < 4.78 is 16.8. The molecule has 0 aliphatic carbocycles. The van der Waals surface area contributed by atoms with E-state index >= 15 is 0 Å². The minimum Gasteiger partial charge on any atom is -0.544 e. The molecule has 0 radical (unpaired) electrons. The predicted molar refractivity (Wildman–Crippen MR) is 198 cm³/mol. The highest BCUT2D eigenvalue weighted by atomic mass is 16.6. The van der Waals surface area contributed by atoms with Crippen LogP contribution in [0, 0.1) is 0 Å². The number of likely N-dealkylation sites (N-methyl/N-ethyl adjacent to an activating group) is 1. The van der Waals surface area contributed by atoms with E-state index < -0.39 is 30.1 Å². The van der Waals surface area contributed by atoms with Crippen LogP contribution in [0.15, 0.2) is 97.2 Å². The van der Waals surface area contributed by atoms with Crippen molar-refractivity contribution >= 4 is 17.9 Å². The average Bonchev–Trinajstić information content (AvgIpc) is 3.05. The van der Waals surface area contributed by atoms with Crippen LogP contribution in [0.4, 0.5) is 0 Å². The molecule has 8 heteroatoms. The number of carboxylic acids is 1. The van der Waals surface area contributed by atoms with E-state index in [-0.39, 0.29) is 43.6 Å². The van der Waals surface area contributed by atoms with E-state index in [0.29, 0.717) is 12.8 Å². The number of rotatable bonds is 29. The average molecular weight is 682 g/mol. The monoisotopic (exact) mass is 681 g/mol. The Morgan fingerprint density at radius 1 is 0.612 bits per heavy atom. The first-order valence-corrected chi connectivity index (χ1v) is 17.8. The lowest BCUT2D eigenvalue weighted by Gasteiger charge is -2.34. The summed E-state index contributed by atoms with van der Waals surface area (Å²) in [4.78, 5) is 36.4. The SMILES string of the molecule is CC/C=C/C/C=C/C/C=C/C/C=C/C/C=C/CCC(=O)OCC(COCCC(C(=O)[O-])[N+](C)(C)C)OC(=O)C/C=C/C/C=C/C/C=C/CC. The molecule has 0 spiro atoms. The maximum atomic E-state index is 12.5. The van der Waals surface area contributed by atoms with Gasteiger partial charge >= 0.3 is 11.9 Å². The second-order valence-electron chi connectivity index (χ2n) is 12.4. The van der Waals surface area contributed by atoms with E-state index in [1.54, 1.807) is 27.2 Å². The van der Waals surface area contributed by atoms with Crippen LogP contribution in [0.3, 0.4) is 0 Å². The fourth-order valence-corrected chi connectivity index (χ4v) is 4.30. The Bertz CT molecular complexity index is 1120. The van der Waals surface area contributed by atoms with Gasteiger partial charge in [0, 0.05) is 12.8 Å². The molecule has 0 aromatic heterocycles. The fraction of sp³-hybridized carbons (Fsp3) is 0.537. The van der Waals surface area contributed by atoms with Crippen molar-refractivity contribution in [3.8, 4) is 0 Å². The van der Waals surface area contributed by atoms with Crippen molar-refractivity contribution in [2.45, 2.75) is 103 Å². The van der Waals surface area contributed by atoms with Gasteiger partial charge in [-0.15, -0.1) is 0 Å². The van der Waals surface area contributed by atoms with Crippen LogP contribution in [0.25, 0.3) is 0 Å². The molecule has 0 saturated heterocycles. The Morgan fingerprint density at radius 3 is 1.51 bits per heavy atom. The molecule has 0 N–H and O–H groups in total. The number of quaternary nitrogens is 1. The lowest BCUT2D eigenvalue weighted by atomic mass is 10.1. The van der Waals surface area contributed by atoms with Gasteiger partial charge in [-0.05, 0) is 57.8 Å². The number of nitrogens with zero attached hydrogens (tertiary/aromatic N) is 1. The third-order valence-corrected chi connectivity index (χ3v) is 7.01. The summed E-state index contributed by atoms with van der Waals surface area (Å²) in [5.74, 6) is -2.02. The number of hydrogen-bond acceptors (Lipinski definition) is 7. The largest absolute Gasteiger partial charge is 0.544 e. The number of esters is 2. The van der Waals surface area contributed by atoms with Gasteiger partial charge in [-0.1, -0.05) is 111 Å². The number of carbonyl (C=O) groups excluding carboxylic acids is 3. The van der Waals surface area contributed by atoms with Crippen molar-refractivity contribution in [2.24, 2.45) is 0 Å². The first kappa shape index (κ1) is 45.2. The molecular formula is C41H63NO7. The Labute approximate surface area is 296 Å². The molecule has 274 valence electrons. The van der Waals surface area contributed by atoms with Gasteiger partial charge < -0.3 is 28.6 Å². The normalized spacial score (nSPS) is 14.2. The van der Waals surface area contributed by atoms with Gasteiger partial charge in [0.15, 0.2) is 6.10 Å². The zero-order valence-corrected chi connectivity index (χ0v) is 30.8. The zero-order chi connectivity index (χ0) is 36.4. The van der Waals surface area contributed by atoms with Crippen LogP contribution in [-0.4, -0.2) is 75.5 Å². The van der Waals surface area contributed by atoms with E-state index in [2.05, 4.69) is 80.7 Å².